The van der Waals surface area contributed by atoms with Gasteiger partial charge in [-0.05, 0) is 67.5 Å². The molecule has 5 amide bonds. The number of carbonyl (C=O) groups is 4. The first-order chi connectivity index (χ1) is 24.7. The van der Waals surface area contributed by atoms with Crippen molar-refractivity contribution in [2.75, 3.05) is 13.7 Å². The predicted octanol–water partition coefficient (Wildman–Crippen LogP) is 1.90. The van der Waals surface area contributed by atoms with E-state index in [9.17, 15) is 36.4 Å². The number of methoxy groups -OCH3 is 1. The van der Waals surface area contributed by atoms with Crippen molar-refractivity contribution in [3.05, 3.63) is 24.3 Å². The summed E-state index contributed by atoms with van der Waals surface area (Å²) in [6.45, 7) is 3.37. The molecule has 1 aliphatic heterocycles. The summed E-state index contributed by atoms with van der Waals surface area (Å²) in [6.07, 6.45) is 1.77. The number of carbonyl (C=O) groups excluding carboxylic acids is 4. The van der Waals surface area contributed by atoms with Crippen molar-refractivity contribution in [2.45, 2.75) is 113 Å². The number of nitrogens with one attached hydrogen (secondary N) is 4. The number of aromatic nitrogens is 4. The van der Waals surface area contributed by atoms with E-state index in [0.29, 0.717) is 24.2 Å². The van der Waals surface area contributed by atoms with Crippen LogP contribution in [0.2, 0.25) is 0 Å². The molecule has 0 radical (unpaired) electrons. The normalized spacial score (nSPS) is 25.4. The molecule has 0 spiro atoms. The number of nitrogens with zero attached hydrogens (tertiary/aromatic N) is 5. The fraction of sp³-hybridized carbons (Fsp3) is 0.667. The summed E-state index contributed by atoms with van der Waals surface area (Å²) in [5.74, 6) is -3.95. The number of benzene rings is 1. The van der Waals surface area contributed by atoms with Gasteiger partial charge in [-0.1, -0.05) is 33.1 Å². The summed E-state index contributed by atoms with van der Waals surface area (Å²) < 4.78 is 60.3. The molecule has 4 fully saturated rings. The average Bonchev–Trinajstić information content (AvgIpc) is 4.00. The lowest BCUT2D eigenvalue weighted by molar-refractivity contribution is -0.141. The lowest BCUT2D eigenvalue weighted by Gasteiger charge is -2.32. The monoisotopic (exact) mass is 749 g/mol. The van der Waals surface area contributed by atoms with Crippen LogP contribution < -0.4 is 25.4 Å². The molecule has 52 heavy (non-hydrogen) atoms. The van der Waals surface area contributed by atoms with Gasteiger partial charge in [0, 0.05) is 24.6 Å². The van der Waals surface area contributed by atoms with Gasteiger partial charge < -0.3 is 25.6 Å². The highest BCUT2D eigenvalue weighted by Gasteiger charge is 2.66. The first-order valence-electron chi connectivity index (χ1n) is 17.7. The molecule has 1 unspecified atom stereocenters. The second-order valence-corrected chi connectivity index (χ2v) is 16.5. The van der Waals surface area contributed by atoms with Crippen LogP contribution in [0.4, 0.5) is 13.6 Å². The van der Waals surface area contributed by atoms with Gasteiger partial charge in [-0.3, -0.25) is 19.1 Å². The van der Waals surface area contributed by atoms with Crippen molar-refractivity contribution in [1.82, 2.24) is 45.8 Å². The molecular formula is C33H45F2N9O7S. The maximum atomic E-state index is 14.3. The first-order valence-corrected chi connectivity index (χ1v) is 19.2. The van der Waals surface area contributed by atoms with Gasteiger partial charge in [-0.15, -0.1) is 10.2 Å². The Morgan fingerprint density at radius 1 is 1.02 bits per heavy atom. The van der Waals surface area contributed by atoms with Crippen molar-refractivity contribution in [3.8, 4) is 17.1 Å². The van der Waals surface area contributed by atoms with Gasteiger partial charge in [0.25, 0.3) is 5.91 Å². The van der Waals surface area contributed by atoms with Gasteiger partial charge in [-0.25, -0.2) is 22.0 Å². The minimum Gasteiger partial charge on any atom is -0.497 e. The molecule has 5 atom stereocenters. The molecule has 1 aromatic heterocycles. The van der Waals surface area contributed by atoms with Crippen LogP contribution in [0.1, 0.15) is 77.7 Å². The van der Waals surface area contributed by atoms with Gasteiger partial charge in [0.15, 0.2) is 0 Å². The number of likely N-dealkylation sites (tertiary alicyclic amines) is 1. The minimum absolute atomic E-state index is 0.0305. The highest BCUT2D eigenvalue weighted by atomic mass is 32.2. The Kier molecular flexibility index (Phi) is 10.7. The van der Waals surface area contributed by atoms with Crippen molar-refractivity contribution < 1.29 is 41.1 Å². The second kappa shape index (κ2) is 14.9. The first kappa shape index (κ1) is 37.3. The molecule has 0 bridgehead atoms. The van der Waals surface area contributed by atoms with Crippen molar-refractivity contribution in [1.29, 1.82) is 0 Å². The third-order valence-corrected chi connectivity index (χ3v) is 12.2. The van der Waals surface area contributed by atoms with Crippen LogP contribution in [0.15, 0.2) is 24.3 Å². The van der Waals surface area contributed by atoms with Crippen LogP contribution >= 0.6 is 0 Å². The summed E-state index contributed by atoms with van der Waals surface area (Å²) in [4.78, 5) is 57.3. The topological polar surface area (TPSA) is 207 Å². The number of sulfonamides is 1. The molecule has 2 aromatic rings. The largest absolute Gasteiger partial charge is 0.497 e. The van der Waals surface area contributed by atoms with Gasteiger partial charge >= 0.3 is 6.03 Å². The molecule has 1 saturated heterocycles. The Morgan fingerprint density at radius 3 is 2.31 bits per heavy atom. The Morgan fingerprint density at radius 2 is 1.71 bits per heavy atom. The fourth-order valence-corrected chi connectivity index (χ4v) is 8.42. The summed E-state index contributed by atoms with van der Waals surface area (Å²) in [6, 6.07) is 3.26. The van der Waals surface area contributed by atoms with E-state index in [-0.39, 0.29) is 24.8 Å². The third-order valence-electron chi connectivity index (χ3n) is 10.4. The quantitative estimate of drug-likeness (QED) is 0.234. The zero-order valence-electron chi connectivity index (χ0n) is 29.3. The zero-order chi connectivity index (χ0) is 37.4. The van der Waals surface area contributed by atoms with Gasteiger partial charge in [0.1, 0.15) is 23.4 Å². The van der Waals surface area contributed by atoms with Crippen LogP contribution in [-0.4, -0.2) is 106 Å². The van der Waals surface area contributed by atoms with E-state index < -0.39 is 87.4 Å². The van der Waals surface area contributed by atoms with E-state index in [1.807, 2.05) is 4.72 Å². The molecular weight excluding hydrogens is 704 g/mol. The Labute approximate surface area is 300 Å². The molecule has 2 heterocycles. The van der Waals surface area contributed by atoms with E-state index in [0.717, 1.165) is 32.1 Å². The number of amides is 5. The van der Waals surface area contributed by atoms with Crippen molar-refractivity contribution in [3.63, 3.8) is 0 Å². The SMILES string of the molecule is COc1ccc(-c2nnn([C@@H]3CC(C(=O)N[C@]4(C(=O)NS(=O)(=O)C5CC5)C[C@H]4C(F)F)N(C(=O)[C@@H](NC(=O)NC4CCCCC4)C(C)C)C3)n2)cc1. The Bertz CT molecular complexity index is 1770. The van der Waals surface area contributed by atoms with Gasteiger partial charge in [-0.2, -0.15) is 4.80 Å². The Balaban J connectivity index is 1.25. The molecule has 4 aliphatic rings. The fourth-order valence-electron chi connectivity index (χ4n) is 7.05. The van der Waals surface area contributed by atoms with E-state index in [1.165, 1.54) is 16.8 Å². The van der Waals surface area contributed by atoms with Crippen LogP contribution in [0, 0.1) is 11.8 Å². The number of hydrogen-bond acceptors (Lipinski definition) is 10. The third kappa shape index (κ3) is 7.97. The number of tetrazole rings is 1. The van der Waals surface area contributed by atoms with E-state index in [2.05, 4.69) is 31.4 Å². The summed E-state index contributed by atoms with van der Waals surface area (Å²) in [5, 5.41) is 20.1. The van der Waals surface area contributed by atoms with Crippen LogP contribution in [-0.2, 0) is 24.4 Å². The number of urea groups is 1. The number of rotatable bonds is 13. The van der Waals surface area contributed by atoms with E-state index in [1.54, 1.807) is 38.1 Å². The highest BCUT2D eigenvalue weighted by Crippen LogP contribution is 2.48. The van der Waals surface area contributed by atoms with Gasteiger partial charge in [0.05, 0.1) is 24.3 Å². The minimum atomic E-state index is -4.11. The van der Waals surface area contributed by atoms with Crippen LogP contribution in [0.5, 0.6) is 5.75 Å². The predicted molar refractivity (Wildman–Crippen MR) is 181 cm³/mol. The number of ether oxygens (including phenoxy) is 1. The molecule has 3 saturated carbocycles. The molecule has 3 aliphatic carbocycles. The molecule has 4 N–H and O–H groups in total. The highest BCUT2D eigenvalue weighted by molar-refractivity contribution is 7.91. The van der Waals surface area contributed by atoms with Crippen molar-refractivity contribution >= 4 is 33.8 Å². The van der Waals surface area contributed by atoms with Crippen molar-refractivity contribution in [2.24, 2.45) is 11.8 Å². The second-order valence-electron chi connectivity index (χ2n) is 14.5. The number of alkyl halides is 2. The zero-order valence-corrected chi connectivity index (χ0v) is 30.1. The van der Waals surface area contributed by atoms with E-state index in [4.69, 9.17) is 4.74 Å². The Hall–Kier alpha value is -4.42. The molecule has 19 heteroatoms. The smallest absolute Gasteiger partial charge is 0.315 e. The van der Waals surface area contributed by atoms with E-state index >= 15 is 0 Å². The molecule has 16 nitrogen and oxygen atoms in total. The number of hydrogen-bond donors (Lipinski definition) is 4. The number of halogens is 2. The average molecular weight is 750 g/mol. The lowest BCUT2D eigenvalue weighted by atomic mass is 9.95. The van der Waals surface area contributed by atoms with Gasteiger partial charge in [0.2, 0.25) is 34.1 Å². The molecule has 284 valence electrons. The lowest BCUT2D eigenvalue weighted by Crippen LogP contribution is -2.60. The molecule has 6 rings (SSSR count). The standard InChI is InChI=1S/C33H45F2N9O7S/c1-18(2)26(37-32(48)36-20-7-5-4-6-8-20)30(46)43-17-21(44-40-28(39-42-44)19-9-11-22(51-3)12-10-19)15-25(43)29(45)38-33(16-24(33)27(34)35)31(47)41-52(49,50)23-13-14-23/h9-12,18,20-21,23-27H,4-8,13-17H2,1-3H3,(H,38,45)(H,41,47)(H2,36,37,48)/t21-,24+,25?,26+,33-/m1/s1. The summed E-state index contributed by atoms with van der Waals surface area (Å²) >= 11 is 0. The summed E-state index contributed by atoms with van der Waals surface area (Å²) in [7, 11) is -2.58. The maximum Gasteiger partial charge on any atom is 0.315 e. The molecule has 1 aromatic carbocycles. The van der Waals surface area contributed by atoms with Crippen LogP contribution in [0.25, 0.3) is 11.4 Å². The van der Waals surface area contributed by atoms with Crippen LogP contribution in [0.3, 0.4) is 0 Å². The summed E-state index contributed by atoms with van der Waals surface area (Å²) in [5.41, 5.74) is -1.57. The maximum absolute atomic E-state index is 14.3.